The van der Waals surface area contributed by atoms with Gasteiger partial charge in [0.05, 0.1) is 24.1 Å². The van der Waals surface area contributed by atoms with Crippen molar-refractivity contribution in [1.29, 1.82) is 0 Å². The molecule has 2 rings (SSSR count). The van der Waals surface area contributed by atoms with Gasteiger partial charge in [-0.15, -0.1) is 0 Å². The van der Waals surface area contributed by atoms with Crippen LogP contribution in [-0.4, -0.2) is 57.1 Å². The molecular weight excluding hydrogens is 478 g/mol. The first kappa shape index (κ1) is 27.5. The Kier molecular flexibility index (Phi) is 9.76. The van der Waals surface area contributed by atoms with E-state index in [4.69, 9.17) is 16.3 Å². The van der Waals surface area contributed by atoms with E-state index in [-0.39, 0.29) is 29.2 Å². The Labute approximate surface area is 206 Å². The standard InChI is InChI=1S/C24H32ClN3O5S/c1-6-17(2)26-24(30)18(3)27(15-19-10-8-7-9-11-19)23(29)16-28(34(5,31)32)20-12-13-22(33-4)21(25)14-20/h7-14,17-18H,6,15-16H2,1-5H3,(H,26,30)/t17-,18+/m0/s1. The van der Waals surface area contributed by atoms with Crippen LogP contribution in [0.5, 0.6) is 5.75 Å². The first-order valence-electron chi connectivity index (χ1n) is 10.9. The fourth-order valence-electron chi connectivity index (χ4n) is 3.25. The molecule has 0 aliphatic heterocycles. The van der Waals surface area contributed by atoms with Crippen LogP contribution in [0.25, 0.3) is 0 Å². The first-order valence-corrected chi connectivity index (χ1v) is 13.2. The number of hydrogen-bond acceptors (Lipinski definition) is 5. The lowest BCUT2D eigenvalue weighted by Gasteiger charge is -2.32. The van der Waals surface area contributed by atoms with Crippen LogP contribution in [0, 0.1) is 0 Å². The molecule has 0 spiro atoms. The fraction of sp³-hybridized carbons (Fsp3) is 0.417. The van der Waals surface area contributed by atoms with Gasteiger partial charge in [-0.2, -0.15) is 0 Å². The molecule has 0 aromatic heterocycles. The van der Waals surface area contributed by atoms with Gasteiger partial charge in [0.1, 0.15) is 18.3 Å². The summed E-state index contributed by atoms with van der Waals surface area (Å²) in [5, 5.41) is 3.10. The number of nitrogens with one attached hydrogen (secondary N) is 1. The highest BCUT2D eigenvalue weighted by Crippen LogP contribution is 2.30. The van der Waals surface area contributed by atoms with E-state index in [1.165, 1.54) is 30.2 Å². The van der Waals surface area contributed by atoms with Crippen LogP contribution >= 0.6 is 11.6 Å². The van der Waals surface area contributed by atoms with E-state index in [9.17, 15) is 18.0 Å². The lowest BCUT2D eigenvalue weighted by atomic mass is 10.1. The molecule has 0 aliphatic rings. The second-order valence-electron chi connectivity index (χ2n) is 8.09. The van der Waals surface area contributed by atoms with Crippen LogP contribution in [0.4, 0.5) is 5.69 Å². The Hall–Kier alpha value is -2.78. The maximum atomic E-state index is 13.5. The van der Waals surface area contributed by atoms with E-state index in [0.29, 0.717) is 5.75 Å². The summed E-state index contributed by atoms with van der Waals surface area (Å²) < 4.78 is 31.3. The third-order valence-electron chi connectivity index (χ3n) is 5.47. The lowest BCUT2D eigenvalue weighted by molar-refractivity contribution is -0.139. The molecule has 2 aromatic rings. The van der Waals surface area contributed by atoms with Crippen molar-refractivity contribution in [2.24, 2.45) is 0 Å². The summed E-state index contributed by atoms with van der Waals surface area (Å²) >= 11 is 6.19. The Balaban J connectivity index is 2.38. The summed E-state index contributed by atoms with van der Waals surface area (Å²) in [5.74, 6) is -0.448. The number of benzene rings is 2. The first-order chi connectivity index (χ1) is 16.0. The quantitative estimate of drug-likeness (QED) is 0.500. The lowest BCUT2D eigenvalue weighted by Crippen LogP contribution is -2.52. The summed E-state index contributed by atoms with van der Waals surface area (Å²) in [4.78, 5) is 27.7. The number of anilines is 1. The molecule has 8 nitrogen and oxygen atoms in total. The third-order valence-corrected chi connectivity index (χ3v) is 6.90. The highest BCUT2D eigenvalue weighted by Gasteiger charge is 2.30. The summed E-state index contributed by atoms with van der Waals surface area (Å²) in [6.07, 6.45) is 1.75. The number of nitrogens with zero attached hydrogens (tertiary/aromatic N) is 2. The number of ether oxygens (including phenoxy) is 1. The van der Waals surface area contributed by atoms with Crippen molar-refractivity contribution in [3.63, 3.8) is 0 Å². The van der Waals surface area contributed by atoms with Crippen molar-refractivity contribution in [3.8, 4) is 5.75 Å². The number of sulfonamides is 1. The van der Waals surface area contributed by atoms with Crippen LogP contribution in [0.15, 0.2) is 48.5 Å². The Morgan fingerprint density at radius 2 is 1.76 bits per heavy atom. The van der Waals surface area contributed by atoms with E-state index in [1.807, 2.05) is 44.2 Å². The molecule has 0 unspecified atom stereocenters. The number of methoxy groups -OCH3 is 1. The summed E-state index contributed by atoms with van der Waals surface area (Å²) in [7, 11) is -2.39. The van der Waals surface area contributed by atoms with Gasteiger partial charge in [-0.1, -0.05) is 48.9 Å². The molecule has 0 saturated heterocycles. The molecule has 2 amide bonds. The summed E-state index contributed by atoms with van der Waals surface area (Å²) in [5.41, 5.74) is 1.04. The predicted molar refractivity (Wildman–Crippen MR) is 135 cm³/mol. The Bertz CT molecular complexity index is 1100. The van der Waals surface area contributed by atoms with Gasteiger partial charge < -0.3 is 15.0 Å². The molecule has 0 bridgehead atoms. The van der Waals surface area contributed by atoms with Gasteiger partial charge in [-0.25, -0.2) is 8.42 Å². The molecule has 0 heterocycles. The van der Waals surface area contributed by atoms with Gasteiger partial charge in [-0.05, 0) is 44.0 Å². The SMILES string of the molecule is CC[C@H](C)NC(=O)[C@@H](C)N(Cc1ccccc1)C(=O)CN(c1ccc(OC)c(Cl)c1)S(C)(=O)=O. The molecule has 10 heteroatoms. The smallest absolute Gasteiger partial charge is 0.244 e. The number of rotatable bonds is 11. The minimum Gasteiger partial charge on any atom is -0.495 e. The van der Waals surface area contributed by atoms with Crippen molar-refractivity contribution >= 4 is 39.1 Å². The van der Waals surface area contributed by atoms with Crippen molar-refractivity contribution in [2.75, 3.05) is 24.2 Å². The molecule has 0 aliphatic carbocycles. The Morgan fingerprint density at radius 3 is 2.29 bits per heavy atom. The maximum absolute atomic E-state index is 13.5. The predicted octanol–water partition coefficient (Wildman–Crippen LogP) is 3.45. The molecule has 2 aromatic carbocycles. The highest BCUT2D eigenvalue weighted by atomic mass is 35.5. The molecular formula is C24H32ClN3O5S. The largest absolute Gasteiger partial charge is 0.495 e. The second-order valence-corrected chi connectivity index (χ2v) is 10.4. The van der Waals surface area contributed by atoms with Gasteiger partial charge in [0, 0.05) is 12.6 Å². The van der Waals surface area contributed by atoms with Gasteiger partial charge in [0.25, 0.3) is 0 Å². The number of carbonyl (C=O) groups excluding carboxylic acids is 2. The molecule has 2 atom stereocenters. The molecule has 0 radical (unpaired) electrons. The van der Waals surface area contributed by atoms with E-state index in [0.717, 1.165) is 22.5 Å². The van der Waals surface area contributed by atoms with Crippen LogP contribution in [0.1, 0.15) is 32.8 Å². The second kappa shape index (κ2) is 12.1. The van der Waals surface area contributed by atoms with Crippen LogP contribution < -0.4 is 14.4 Å². The number of carbonyl (C=O) groups is 2. The zero-order valence-corrected chi connectivity index (χ0v) is 21.7. The van der Waals surface area contributed by atoms with E-state index in [2.05, 4.69) is 5.32 Å². The van der Waals surface area contributed by atoms with Gasteiger partial charge in [0.2, 0.25) is 21.8 Å². The number of hydrogen-bond donors (Lipinski definition) is 1. The fourth-order valence-corrected chi connectivity index (χ4v) is 4.35. The minimum atomic E-state index is -3.84. The molecule has 1 N–H and O–H groups in total. The maximum Gasteiger partial charge on any atom is 0.244 e. The van der Waals surface area contributed by atoms with Gasteiger partial charge >= 0.3 is 0 Å². The average molecular weight is 510 g/mol. The zero-order chi connectivity index (χ0) is 25.5. The van der Waals surface area contributed by atoms with Crippen LogP contribution in [0.2, 0.25) is 5.02 Å². The summed E-state index contributed by atoms with van der Waals surface area (Å²) in [6.45, 7) is 5.12. The van der Waals surface area contributed by atoms with E-state index in [1.54, 1.807) is 6.92 Å². The zero-order valence-electron chi connectivity index (χ0n) is 20.1. The summed E-state index contributed by atoms with van der Waals surface area (Å²) in [6, 6.07) is 12.8. The van der Waals surface area contributed by atoms with Crippen molar-refractivity contribution in [1.82, 2.24) is 10.2 Å². The highest BCUT2D eigenvalue weighted by molar-refractivity contribution is 7.92. The number of amides is 2. The Morgan fingerprint density at radius 1 is 1.12 bits per heavy atom. The molecule has 34 heavy (non-hydrogen) atoms. The van der Waals surface area contributed by atoms with Crippen LogP contribution in [-0.2, 0) is 26.2 Å². The van der Waals surface area contributed by atoms with Gasteiger partial charge in [-0.3, -0.25) is 13.9 Å². The molecule has 186 valence electrons. The molecule has 0 fully saturated rings. The normalized spacial score (nSPS) is 13.0. The third kappa shape index (κ3) is 7.36. The number of halogens is 1. The van der Waals surface area contributed by atoms with Crippen molar-refractivity contribution in [3.05, 3.63) is 59.1 Å². The monoisotopic (exact) mass is 509 g/mol. The topological polar surface area (TPSA) is 96.0 Å². The van der Waals surface area contributed by atoms with E-state index >= 15 is 0 Å². The van der Waals surface area contributed by atoms with Crippen molar-refractivity contribution < 1.29 is 22.7 Å². The minimum absolute atomic E-state index is 0.0578. The van der Waals surface area contributed by atoms with Crippen molar-refractivity contribution in [2.45, 2.75) is 45.8 Å². The van der Waals surface area contributed by atoms with E-state index < -0.39 is 28.5 Å². The average Bonchev–Trinajstić information content (AvgIpc) is 2.80. The van der Waals surface area contributed by atoms with Gasteiger partial charge in [0.15, 0.2) is 0 Å². The molecule has 0 saturated carbocycles. The van der Waals surface area contributed by atoms with Crippen LogP contribution in [0.3, 0.4) is 0 Å².